The number of nitrogens with one attached hydrogen (secondary N) is 1. The summed E-state index contributed by atoms with van der Waals surface area (Å²) in [7, 11) is 0. The standard InChI is InChI=1S/C21H28N2O.ClH/c1-21(2,22)20(24)23-19(15-13-17-9-5-3-6-10-17)16-14-18-11-7-4-8-12-18;/h3-12,19H,13-16,22H2,1-2H3,(H,23,24);1H. The van der Waals surface area contributed by atoms with Gasteiger partial charge < -0.3 is 11.1 Å². The normalized spacial score (nSPS) is 11.0. The highest BCUT2D eigenvalue weighted by Gasteiger charge is 2.24. The Labute approximate surface area is 157 Å². The van der Waals surface area contributed by atoms with Crippen LogP contribution in [0.5, 0.6) is 0 Å². The summed E-state index contributed by atoms with van der Waals surface area (Å²) in [5, 5.41) is 3.13. The summed E-state index contributed by atoms with van der Waals surface area (Å²) in [6, 6.07) is 20.9. The number of benzene rings is 2. The molecule has 4 heteroatoms. The molecule has 0 bridgehead atoms. The zero-order valence-electron chi connectivity index (χ0n) is 15.1. The van der Waals surface area contributed by atoms with E-state index in [-0.39, 0.29) is 24.4 Å². The smallest absolute Gasteiger partial charge is 0.239 e. The Hall–Kier alpha value is -1.84. The van der Waals surface area contributed by atoms with Crippen LogP contribution in [0.1, 0.15) is 37.8 Å². The zero-order valence-corrected chi connectivity index (χ0v) is 15.9. The highest BCUT2D eigenvalue weighted by atomic mass is 35.5. The van der Waals surface area contributed by atoms with E-state index in [9.17, 15) is 4.79 Å². The zero-order chi connectivity index (χ0) is 17.4. The second kappa shape index (κ2) is 10.2. The second-order valence-electron chi connectivity index (χ2n) is 6.94. The van der Waals surface area contributed by atoms with Gasteiger partial charge >= 0.3 is 0 Å². The molecular formula is C21H29ClN2O. The van der Waals surface area contributed by atoms with Crippen molar-refractivity contribution in [1.82, 2.24) is 5.32 Å². The molecule has 0 fully saturated rings. The predicted molar refractivity (Wildman–Crippen MR) is 107 cm³/mol. The number of aryl methyl sites for hydroxylation is 2. The van der Waals surface area contributed by atoms with Crippen LogP contribution in [0, 0.1) is 0 Å². The van der Waals surface area contributed by atoms with E-state index in [1.165, 1.54) is 11.1 Å². The minimum atomic E-state index is -0.849. The van der Waals surface area contributed by atoms with Gasteiger partial charge in [0.1, 0.15) is 0 Å². The lowest BCUT2D eigenvalue weighted by Crippen LogP contribution is -2.52. The van der Waals surface area contributed by atoms with Gasteiger partial charge in [-0.25, -0.2) is 0 Å². The fourth-order valence-corrected chi connectivity index (χ4v) is 2.63. The molecule has 0 aliphatic heterocycles. The minimum absolute atomic E-state index is 0. The number of carbonyl (C=O) groups excluding carboxylic acids is 1. The highest BCUT2D eigenvalue weighted by molar-refractivity contribution is 5.85. The third kappa shape index (κ3) is 7.72. The maximum atomic E-state index is 12.3. The lowest BCUT2D eigenvalue weighted by molar-refractivity contribution is -0.126. The Morgan fingerprint density at radius 1 is 0.920 bits per heavy atom. The van der Waals surface area contributed by atoms with Gasteiger partial charge in [0.2, 0.25) is 5.91 Å². The van der Waals surface area contributed by atoms with Crippen molar-refractivity contribution in [1.29, 1.82) is 0 Å². The number of halogens is 1. The first kappa shape index (κ1) is 21.2. The molecule has 25 heavy (non-hydrogen) atoms. The first-order chi connectivity index (χ1) is 11.4. The van der Waals surface area contributed by atoms with Crippen molar-refractivity contribution in [2.45, 2.75) is 51.1 Å². The molecule has 0 aliphatic carbocycles. The number of hydrogen-bond acceptors (Lipinski definition) is 2. The molecule has 0 saturated carbocycles. The molecule has 0 atom stereocenters. The van der Waals surface area contributed by atoms with E-state index in [1.807, 2.05) is 12.1 Å². The maximum Gasteiger partial charge on any atom is 0.239 e. The van der Waals surface area contributed by atoms with E-state index in [4.69, 9.17) is 5.73 Å². The van der Waals surface area contributed by atoms with Crippen molar-refractivity contribution in [3.05, 3.63) is 71.8 Å². The van der Waals surface area contributed by atoms with Crippen molar-refractivity contribution in [3.63, 3.8) is 0 Å². The van der Waals surface area contributed by atoms with Crippen LogP contribution in [-0.2, 0) is 17.6 Å². The molecule has 0 unspecified atom stereocenters. The van der Waals surface area contributed by atoms with Gasteiger partial charge in [0, 0.05) is 6.04 Å². The lowest BCUT2D eigenvalue weighted by Gasteiger charge is -2.24. The third-order valence-electron chi connectivity index (χ3n) is 4.17. The predicted octanol–water partition coefficient (Wildman–Crippen LogP) is 3.90. The number of nitrogens with two attached hydrogens (primary N) is 1. The molecule has 0 aliphatic rings. The van der Waals surface area contributed by atoms with Crippen LogP contribution < -0.4 is 11.1 Å². The van der Waals surface area contributed by atoms with E-state index in [0.29, 0.717) is 0 Å². The Kier molecular flexibility index (Phi) is 8.67. The van der Waals surface area contributed by atoms with Crippen molar-refractivity contribution in [2.75, 3.05) is 0 Å². The molecule has 0 aromatic heterocycles. The van der Waals surface area contributed by atoms with E-state index < -0.39 is 5.54 Å². The van der Waals surface area contributed by atoms with Crippen molar-refractivity contribution in [3.8, 4) is 0 Å². The summed E-state index contributed by atoms with van der Waals surface area (Å²) in [6.07, 6.45) is 3.73. The highest BCUT2D eigenvalue weighted by Crippen LogP contribution is 2.12. The summed E-state index contributed by atoms with van der Waals surface area (Å²) < 4.78 is 0. The quantitative estimate of drug-likeness (QED) is 0.750. The molecule has 3 nitrogen and oxygen atoms in total. The van der Waals surface area contributed by atoms with Crippen molar-refractivity contribution in [2.24, 2.45) is 5.73 Å². The Morgan fingerprint density at radius 2 is 1.32 bits per heavy atom. The SMILES string of the molecule is CC(C)(N)C(=O)NC(CCc1ccccc1)CCc1ccccc1.Cl. The van der Waals surface area contributed by atoms with Crippen LogP contribution in [0.2, 0.25) is 0 Å². The van der Waals surface area contributed by atoms with E-state index in [2.05, 4.69) is 53.8 Å². The van der Waals surface area contributed by atoms with Gasteiger partial charge in [-0.3, -0.25) is 4.79 Å². The van der Waals surface area contributed by atoms with Crippen LogP contribution in [0.15, 0.2) is 60.7 Å². The van der Waals surface area contributed by atoms with E-state index in [0.717, 1.165) is 25.7 Å². The second-order valence-corrected chi connectivity index (χ2v) is 6.94. The number of rotatable bonds is 8. The van der Waals surface area contributed by atoms with E-state index >= 15 is 0 Å². The molecule has 0 heterocycles. The number of amides is 1. The molecule has 2 aromatic carbocycles. The topological polar surface area (TPSA) is 55.1 Å². The van der Waals surface area contributed by atoms with Gasteiger partial charge in [-0.05, 0) is 50.7 Å². The maximum absolute atomic E-state index is 12.3. The first-order valence-electron chi connectivity index (χ1n) is 8.63. The summed E-state index contributed by atoms with van der Waals surface area (Å²) in [5.41, 5.74) is 7.67. The van der Waals surface area contributed by atoms with E-state index in [1.54, 1.807) is 13.8 Å². The molecular weight excluding hydrogens is 332 g/mol. The summed E-state index contributed by atoms with van der Waals surface area (Å²) in [4.78, 5) is 12.3. The van der Waals surface area contributed by atoms with Gasteiger partial charge in [-0.2, -0.15) is 0 Å². The summed E-state index contributed by atoms with van der Waals surface area (Å²) in [6.45, 7) is 3.49. The summed E-state index contributed by atoms with van der Waals surface area (Å²) >= 11 is 0. The molecule has 3 N–H and O–H groups in total. The van der Waals surface area contributed by atoms with Gasteiger partial charge in [0.05, 0.1) is 5.54 Å². The Bertz CT molecular complexity index is 580. The largest absolute Gasteiger partial charge is 0.352 e. The molecule has 136 valence electrons. The van der Waals surface area contributed by atoms with Crippen LogP contribution in [0.3, 0.4) is 0 Å². The van der Waals surface area contributed by atoms with Crippen molar-refractivity contribution >= 4 is 18.3 Å². The molecule has 0 radical (unpaired) electrons. The van der Waals surface area contributed by atoms with Crippen LogP contribution >= 0.6 is 12.4 Å². The van der Waals surface area contributed by atoms with Gasteiger partial charge in [-0.15, -0.1) is 12.4 Å². The fraction of sp³-hybridized carbons (Fsp3) is 0.381. The van der Waals surface area contributed by atoms with Crippen LogP contribution in [0.25, 0.3) is 0 Å². The average Bonchev–Trinajstić information content (AvgIpc) is 2.58. The Morgan fingerprint density at radius 3 is 1.68 bits per heavy atom. The average molecular weight is 361 g/mol. The molecule has 1 amide bonds. The lowest BCUT2D eigenvalue weighted by atomic mass is 9.97. The molecule has 2 rings (SSSR count). The van der Waals surface area contributed by atoms with Gasteiger partial charge in [0.25, 0.3) is 0 Å². The van der Waals surface area contributed by atoms with Gasteiger partial charge in [-0.1, -0.05) is 60.7 Å². The van der Waals surface area contributed by atoms with Crippen LogP contribution in [0.4, 0.5) is 0 Å². The Balaban J connectivity index is 0.00000312. The monoisotopic (exact) mass is 360 g/mol. The summed E-state index contributed by atoms with van der Waals surface area (Å²) in [5.74, 6) is -0.0892. The van der Waals surface area contributed by atoms with Gasteiger partial charge in [0.15, 0.2) is 0 Å². The molecule has 0 saturated heterocycles. The first-order valence-corrected chi connectivity index (χ1v) is 8.63. The van der Waals surface area contributed by atoms with Crippen molar-refractivity contribution < 1.29 is 4.79 Å². The third-order valence-corrected chi connectivity index (χ3v) is 4.17. The molecule has 0 spiro atoms. The van der Waals surface area contributed by atoms with Crippen LogP contribution in [-0.4, -0.2) is 17.5 Å². The minimum Gasteiger partial charge on any atom is -0.352 e. The number of hydrogen-bond donors (Lipinski definition) is 2. The fourth-order valence-electron chi connectivity index (χ4n) is 2.63. The number of carbonyl (C=O) groups is 1. The molecule has 2 aromatic rings.